The van der Waals surface area contributed by atoms with E-state index >= 15 is 0 Å². The third-order valence-electron chi connectivity index (χ3n) is 3.12. The lowest BCUT2D eigenvalue weighted by atomic mass is 10.0. The van der Waals surface area contributed by atoms with Crippen LogP contribution in [-0.2, 0) is 4.74 Å². The predicted octanol–water partition coefficient (Wildman–Crippen LogP) is 0.548. The Bertz CT molecular complexity index is 138. The van der Waals surface area contributed by atoms with Gasteiger partial charge in [0.1, 0.15) is 0 Å². The number of hydrogen-bond acceptors (Lipinski definition) is 3. The Labute approximate surface area is 81.2 Å². The molecule has 1 fully saturated rings. The number of rotatable bonds is 4. The number of ether oxygens (including phenoxy) is 1. The van der Waals surface area contributed by atoms with Gasteiger partial charge in [0, 0.05) is 33.3 Å². The first-order valence-electron chi connectivity index (χ1n) is 5.12. The van der Waals surface area contributed by atoms with Gasteiger partial charge in [-0.1, -0.05) is 13.8 Å². The van der Waals surface area contributed by atoms with Gasteiger partial charge in [0.2, 0.25) is 0 Å². The van der Waals surface area contributed by atoms with Crippen molar-refractivity contribution in [2.24, 2.45) is 17.6 Å². The van der Waals surface area contributed by atoms with Crippen LogP contribution in [0.1, 0.15) is 13.8 Å². The normalized spacial score (nSPS) is 32.3. The molecule has 1 rings (SSSR count). The zero-order valence-corrected chi connectivity index (χ0v) is 8.99. The number of hydrogen-bond donors (Lipinski definition) is 1. The summed E-state index contributed by atoms with van der Waals surface area (Å²) in [4.78, 5) is 2.45. The maximum Gasteiger partial charge on any atom is 0.0820 e. The van der Waals surface area contributed by atoms with Crippen molar-refractivity contribution in [1.82, 2.24) is 4.90 Å². The lowest BCUT2D eigenvalue weighted by Crippen LogP contribution is -2.36. The van der Waals surface area contributed by atoms with E-state index in [1.54, 1.807) is 7.11 Å². The molecule has 0 spiro atoms. The maximum atomic E-state index is 5.58. The molecule has 3 unspecified atom stereocenters. The summed E-state index contributed by atoms with van der Waals surface area (Å²) in [6.45, 7) is 8.63. The van der Waals surface area contributed by atoms with Crippen molar-refractivity contribution in [2.45, 2.75) is 20.0 Å². The fraction of sp³-hybridized carbons (Fsp3) is 1.00. The second-order valence-corrected chi connectivity index (χ2v) is 4.27. The topological polar surface area (TPSA) is 38.5 Å². The van der Waals surface area contributed by atoms with Crippen LogP contribution in [0.25, 0.3) is 0 Å². The molecule has 3 atom stereocenters. The SMILES string of the molecule is COC(CN)CN1CC(C)C(C)C1. The van der Waals surface area contributed by atoms with E-state index in [9.17, 15) is 0 Å². The van der Waals surface area contributed by atoms with Gasteiger partial charge >= 0.3 is 0 Å². The molecule has 0 aromatic heterocycles. The van der Waals surface area contributed by atoms with Crippen molar-refractivity contribution in [3.63, 3.8) is 0 Å². The van der Waals surface area contributed by atoms with Crippen LogP contribution in [-0.4, -0.2) is 44.3 Å². The van der Waals surface area contributed by atoms with E-state index in [4.69, 9.17) is 10.5 Å². The van der Waals surface area contributed by atoms with Crippen LogP contribution in [0.5, 0.6) is 0 Å². The van der Waals surface area contributed by atoms with Crippen molar-refractivity contribution in [3.8, 4) is 0 Å². The first-order chi connectivity index (χ1) is 6.17. The molecule has 0 aromatic carbocycles. The van der Waals surface area contributed by atoms with E-state index in [0.29, 0.717) is 6.54 Å². The fourth-order valence-electron chi connectivity index (χ4n) is 1.93. The van der Waals surface area contributed by atoms with E-state index < -0.39 is 0 Å². The summed E-state index contributed by atoms with van der Waals surface area (Å²) in [7, 11) is 1.74. The van der Waals surface area contributed by atoms with Gasteiger partial charge in [-0.25, -0.2) is 0 Å². The molecule has 0 amide bonds. The van der Waals surface area contributed by atoms with Crippen molar-refractivity contribution in [2.75, 3.05) is 33.3 Å². The monoisotopic (exact) mass is 186 g/mol. The second kappa shape index (κ2) is 4.94. The lowest BCUT2D eigenvalue weighted by molar-refractivity contribution is 0.0760. The highest BCUT2D eigenvalue weighted by Gasteiger charge is 2.27. The number of likely N-dealkylation sites (tertiary alicyclic amines) is 1. The third-order valence-corrected chi connectivity index (χ3v) is 3.12. The van der Waals surface area contributed by atoms with Crippen LogP contribution in [0, 0.1) is 11.8 Å². The summed E-state index contributed by atoms with van der Waals surface area (Å²) >= 11 is 0. The summed E-state index contributed by atoms with van der Waals surface area (Å²) in [5.74, 6) is 1.63. The molecule has 1 aliphatic rings. The molecule has 13 heavy (non-hydrogen) atoms. The first-order valence-corrected chi connectivity index (χ1v) is 5.12. The molecular weight excluding hydrogens is 164 g/mol. The lowest BCUT2D eigenvalue weighted by Gasteiger charge is -2.21. The molecule has 1 aliphatic heterocycles. The van der Waals surface area contributed by atoms with E-state index in [0.717, 1.165) is 18.4 Å². The summed E-state index contributed by atoms with van der Waals surface area (Å²) in [6.07, 6.45) is 0.206. The maximum absolute atomic E-state index is 5.58. The molecule has 0 aliphatic carbocycles. The average molecular weight is 186 g/mol. The Morgan fingerprint density at radius 3 is 2.31 bits per heavy atom. The molecule has 1 heterocycles. The first kappa shape index (κ1) is 11.0. The van der Waals surface area contributed by atoms with Crippen LogP contribution in [0.2, 0.25) is 0 Å². The highest BCUT2D eigenvalue weighted by atomic mass is 16.5. The van der Waals surface area contributed by atoms with Gasteiger partial charge in [-0.2, -0.15) is 0 Å². The third kappa shape index (κ3) is 2.93. The molecule has 1 saturated heterocycles. The Kier molecular flexibility index (Phi) is 4.16. The summed E-state index contributed by atoms with van der Waals surface area (Å²) in [5, 5.41) is 0. The second-order valence-electron chi connectivity index (χ2n) is 4.27. The zero-order valence-electron chi connectivity index (χ0n) is 8.99. The zero-order chi connectivity index (χ0) is 9.84. The number of nitrogens with zero attached hydrogens (tertiary/aromatic N) is 1. The molecule has 3 nitrogen and oxygen atoms in total. The van der Waals surface area contributed by atoms with Crippen LogP contribution in [0.15, 0.2) is 0 Å². The van der Waals surface area contributed by atoms with Crippen molar-refractivity contribution >= 4 is 0 Å². The van der Waals surface area contributed by atoms with E-state index in [1.807, 2.05) is 0 Å². The van der Waals surface area contributed by atoms with Gasteiger partial charge in [0.05, 0.1) is 6.10 Å². The van der Waals surface area contributed by atoms with Gasteiger partial charge in [-0.15, -0.1) is 0 Å². The highest BCUT2D eigenvalue weighted by Crippen LogP contribution is 2.21. The molecule has 0 saturated carbocycles. The molecule has 2 N–H and O–H groups in total. The summed E-state index contributed by atoms with van der Waals surface area (Å²) in [5.41, 5.74) is 5.58. The minimum Gasteiger partial charge on any atom is -0.379 e. The van der Waals surface area contributed by atoms with Crippen molar-refractivity contribution in [1.29, 1.82) is 0 Å². The predicted molar refractivity (Wildman–Crippen MR) is 54.6 cm³/mol. The average Bonchev–Trinajstić information content (AvgIpc) is 2.42. The van der Waals surface area contributed by atoms with E-state index in [1.165, 1.54) is 13.1 Å². The van der Waals surface area contributed by atoms with Crippen LogP contribution >= 0.6 is 0 Å². The molecule has 0 radical (unpaired) electrons. The Morgan fingerprint density at radius 1 is 1.38 bits per heavy atom. The van der Waals surface area contributed by atoms with E-state index in [-0.39, 0.29) is 6.10 Å². The van der Waals surface area contributed by atoms with Gasteiger partial charge in [-0.05, 0) is 11.8 Å². The minimum atomic E-state index is 0.206. The largest absolute Gasteiger partial charge is 0.379 e. The number of nitrogens with two attached hydrogens (primary N) is 1. The Balaban J connectivity index is 2.30. The van der Waals surface area contributed by atoms with Gasteiger partial charge in [0.15, 0.2) is 0 Å². The highest BCUT2D eigenvalue weighted by molar-refractivity contribution is 4.80. The van der Waals surface area contributed by atoms with Crippen LogP contribution in [0.4, 0.5) is 0 Å². The van der Waals surface area contributed by atoms with Gasteiger partial charge < -0.3 is 15.4 Å². The Hall–Kier alpha value is -0.120. The minimum absolute atomic E-state index is 0.206. The quantitative estimate of drug-likeness (QED) is 0.697. The molecule has 3 heteroatoms. The van der Waals surface area contributed by atoms with Crippen molar-refractivity contribution in [3.05, 3.63) is 0 Å². The van der Waals surface area contributed by atoms with Gasteiger partial charge in [-0.3, -0.25) is 0 Å². The smallest absolute Gasteiger partial charge is 0.0820 e. The van der Waals surface area contributed by atoms with Gasteiger partial charge in [0.25, 0.3) is 0 Å². The summed E-state index contributed by atoms with van der Waals surface area (Å²) in [6, 6.07) is 0. The molecular formula is C10H22N2O. The summed E-state index contributed by atoms with van der Waals surface area (Å²) < 4.78 is 5.27. The van der Waals surface area contributed by atoms with Crippen molar-refractivity contribution < 1.29 is 4.74 Å². The van der Waals surface area contributed by atoms with E-state index in [2.05, 4.69) is 18.7 Å². The molecule has 0 bridgehead atoms. The standard InChI is InChI=1S/C10H22N2O/c1-8-5-12(6-9(8)2)7-10(4-11)13-3/h8-10H,4-7,11H2,1-3H3. The fourth-order valence-corrected chi connectivity index (χ4v) is 1.93. The Morgan fingerprint density at radius 2 is 1.92 bits per heavy atom. The van der Waals surface area contributed by atoms with Crippen LogP contribution < -0.4 is 5.73 Å². The van der Waals surface area contributed by atoms with Crippen LogP contribution in [0.3, 0.4) is 0 Å². The number of methoxy groups -OCH3 is 1. The molecule has 0 aromatic rings. The molecule has 78 valence electrons.